The molecule has 4 heterocycles. The van der Waals surface area contributed by atoms with Crippen LogP contribution in [-0.2, 0) is 16.0 Å². The zero-order valence-electron chi connectivity index (χ0n) is 18.9. The average molecular weight is 509 g/mol. The van der Waals surface area contributed by atoms with Gasteiger partial charge in [0.25, 0.3) is 0 Å². The molecule has 0 radical (unpaired) electrons. The monoisotopic (exact) mass is 508 g/mol. The first-order chi connectivity index (χ1) is 16.7. The lowest BCUT2D eigenvalue weighted by atomic mass is 10.1. The SMILES string of the molecule is C=CCOC1C[C@@H](C(=O)NCC(F)(F)F)N(c2nc(-c3c[nH]c4ncc(Cl)cc34)ncc2CC)C1. The number of nitrogens with one attached hydrogen (secondary N) is 2. The highest BCUT2D eigenvalue weighted by Crippen LogP contribution is 2.33. The highest BCUT2D eigenvalue weighted by Gasteiger charge is 2.40. The summed E-state index contributed by atoms with van der Waals surface area (Å²) >= 11 is 6.12. The summed E-state index contributed by atoms with van der Waals surface area (Å²) in [6.07, 6.45) is 2.36. The largest absolute Gasteiger partial charge is 0.405 e. The Morgan fingerprint density at radius 1 is 1.40 bits per heavy atom. The maximum atomic E-state index is 12.8. The second-order valence-electron chi connectivity index (χ2n) is 8.13. The molecule has 12 heteroatoms. The number of aromatic amines is 1. The van der Waals surface area contributed by atoms with Crippen molar-refractivity contribution in [3.63, 3.8) is 0 Å². The van der Waals surface area contributed by atoms with Gasteiger partial charge in [-0.15, -0.1) is 6.58 Å². The molecular formula is C23H24ClF3N6O2. The van der Waals surface area contributed by atoms with Gasteiger partial charge in [-0.2, -0.15) is 13.2 Å². The Bertz CT molecular complexity index is 1230. The van der Waals surface area contributed by atoms with E-state index >= 15 is 0 Å². The van der Waals surface area contributed by atoms with Gasteiger partial charge in [0.05, 0.1) is 17.7 Å². The summed E-state index contributed by atoms with van der Waals surface area (Å²) in [4.78, 5) is 31.1. The van der Waals surface area contributed by atoms with E-state index in [-0.39, 0.29) is 25.7 Å². The third-order valence-corrected chi connectivity index (χ3v) is 5.92. The number of aromatic nitrogens is 4. The molecule has 2 atom stereocenters. The van der Waals surface area contributed by atoms with Crippen molar-refractivity contribution in [2.75, 3.05) is 24.6 Å². The van der Waals surface area contributed by atoms with E-state index in [1.807, 2.05) is 12.2 Å². The fraction of sp³-hybridized carbons (Fsp3) is 0.391. The normalized spacial score (nSPS) is 18.3. The van der Waals surface area contributed by atoms with Gasteiger partial charge < -0.3 is 19.9 Å². The van der Waals surface area contributed by atoms with Gasteiger partial charge in [0, 0.05) is 48.1 Å². The number of halogens is 4. The molecule has 35 heavy (non-hydrogen) atoms. The van der Waals surface area contributed by atoms with Gasteiger partial charge in [0.15, 0.2) is 5.82 Å². The van der Waals surface area contributed by atoms with Crippen molar-refractivity contribution in [1.82, 2.24) is 25.3 Å². The molecular weight excluding hydrogens is 485 g/mol. The number of hydrogen-bond acceptors (Lipinski definition) is 6. The topological polar surface area (TPSA) is 96.0 Å². The number of rotatable bonds is 8. The Kier molecular flexibility index (Phi) is 7.27. The van der Waals surface area contributed by atoms with Gasteiger partial charge in [-0.25, -0.2) is 15.0 Å². The van der Waals surface area contributed by atoms with Crippen molar-refractivity contribution in [2.45, 2.75) is 38.1 Å². The molecule has 3 aromatic rings. The minimum absolute atomic E-state index is 0.215. The molecule has 1 amide bonds. The van der Waals surface area contributed by atoms with E-state index in [9.17, 15) is 18.0 Å². The Hall–Kier alpha value is -3.18. The zero-order valence-corrected chi connectivity index (χ0v) is 19.7. The van der Waals surface area contributed by atoms with Crippen LogP contribution in [0.15, 0.2) is 37.3 Å². The lowest BCUT2D eigenvalue weighted by Crippen LogP contribution is -2.46. The van der Waals surface area contributed by atoms with E-state index in [4.69, 9.17) is 21.3 Å². The Morgan fingerprint density at radius 2 is 2.20 bits per heavy atom. The van der Waals surface area contributed by atoms with Crippen molar-refractivity contribution in [2.24, 2.45) is 0 Å². The van der Waals surface area contributed by atoms with Gasteiger partial charge in [-0.1, -0.05) is 24.6 Å². The number of ether oxygens (including phenoxy) is 1. The van der Waals surface area contributed by atoms with Gasteiger partial charge >= 0.3 is 6.18 Å². The lowest BCUT2D eigenvalue weighted by Gasteiger charge is -2.27. The van der Waals surface area contributed by atoms with Crippen molar-refractivity contribution in [1.29, 1.82) is 0 Å². The number of aryl methyl sites for hydroxylation is 1. The van der Waals surface area contributed by atoms with E-state index in [1.54, 1.807) is 29.4 Å². The molecule has 4 rings (SSSR count). The second-order valence-corrected chi connectivity index (χ2v) is 8.57. The maximum Gasteiger partial charge on any atom is 0.405 e. The molecule has 0 bridgehead atoms. The van der Waals surface area contributed by atoms with Crippen LogP contribution in [0.3, 0.4) is 0 Å². The molecule has 3 aromatic heterocycles. The number of nitrogens with zero attached hydrogens (tertiary/aromatic N) is 4. The summed E-state index contributed by atoms with van der Waals surface area (Å²) in [6.45, 7) is 4.67. The quantitative estimate of drug-likeness (QED) is 0.445. The van der Waals surface area contributed by atoms with E-state index < -0.39 is 24.7 Å². The van der Waals surface area contributed by atoms with Gasteiger partial charge in [-0.3, -0.25) is 4.79 Å². The third kappa shape index (κ3) is 5.57. The molecule has 1 saturated heterocycles. The molecule has 1 aliphatic heterocycles. The fourth-order valence-electron chi connectivity index (χ4n) is 4.10. The van der Waals surface area contributed by atoms with Crippen LogP contribution in [0.2, 0.25) is 5.02 Å². The summed E-state index contributed by atoms with van der Waals surface area (Å²) in [5.41, 5.74) is 2.02. The van der Waals surface area contributed by atoms with E-state index in [0.717, 1.165) is 10.9 Å². The summed E-state index contributed by atoms with van der Waals surface area (Å²) in [6, 6.07) is 0.855. The minimum Gasteiger partial charge on any atom is -0.372 e. The van der Waals surface area contributed by atoms with Gasteiger partial charge in [-0.05, 0) is 12.5 Å². The predicted molar refractivity (Wildman–Crippen MR) is 126 cm³/mol. The van der Waals surface area contributed by atoms with Crippen LogP contribution in [0.1, 0.15) is 18.9 Å². The van der Waals surface area contributed by atoms with Crippen molar-refractivity contribution < 1.29 is 22.7 Å². The van der Waals surface area contributed by atoms with Crippen LogP contribution in [0, 0.1) is 0 Å². The molecule has 0 spiro atoms. The van der Waals surface area contributed by atoms with Crippen LogP contribution in [0.4, 0.5) is 19.0 Å². The van der Waals surface area contributed by atoms with Crippen LogP contribution in [0.5, 0.6) is 0 Å². The summed E-state index contributed by atoms with van der Waals surface area (Å²) in [7, 11) is 0. The molecule has 1 unspecified atom stereocenters. The Morgan fingerprint density at radius 3 is 2.91 bits per heavy atom. The number of hydrogen-bond donors (Lipinski definition) is 2. The van der Waals surface area contributed by atoms with Gasteiger partial charge in [0.2, 0.25) is 5.91 Å². The van der Waals surface area contributed by atoms with E-state index in [1.165, 1.54) is 6.20 Å². The number of carbonyl (C=O) groups is 1. The summed E-state index contributed by atoms with van der Waals surface area (Å²) < 4.78 is 44.0. The molecule has 1 fully saturated rings. The van der Waals surface area contributed by atoms with Crippen molar-refractivity contribution in [3.8, 4) is 11.4 Å². The Balaban J connectivity index is 1.72. The predicted octanol–water partition coefficient (Wildman–Crippen LogP) is 4.06. The first-order valence-corrected chi connectivity index (χ1v) is 11.4. The molecule has 186 valence electrons. The number of carbonyl (C=O) groups excluding carboxylic acids is 1. The first kappa shape index (κ1) is 24.9. The number of pyridine rings is 1. The standard InChI is InChI=1S/C23H24ClF3N6O2/c1-3-5-35-15-7-18(22(34)31-12-23(25,26)27)33(11-15)21-13(4-2)8-28-20(32-21)17-10-30-19-16(17)6-14(24)9-29-19/h3,6,8-10,15,18H,1,4-5,7,11-12H2,2H3,(H,29,30)(H,31,34)/t15?,18-/m0/s1. The second kappa shape index (κ2) is 10.2. The third-order valence-electron chi connectivity index (χ3n) is 5.71. The zero-order chi connectivity index (χ0) is 25.2. The first-order valence-electron chi connectivity index (χ1n) is 11.0. The lowest BCUT2D eigenvalue weighted by molar-refractivity contribution is -0.139. The van der Waals surface area contributed by atoms with E-state index in [2.05, 4.69) is 21.5 Å². The molecule has 0 saturated carbocycles. The summed E-state index contributed by atoms with van der Waals surface area (Å²) in [5, 5.41) is 3.17. The van der Waals surface area contributed by atoms with Crippen LogP contribution >= 0.6 is 11.6 Å². The van der Waals surface area contributed by atoms with Crippen LogP contribution < -0.4 is 10.2 Å². The average Bonchev–Trinajstić information content (AvgIpc) is 3.44. The van der Waals surface area contributed by atoms with Crippen LogP contribution in [0.25, 0.3) is 22.4 Å². The summed E-state index contributed by atoms with van der Waals surface area (Å²) in [5.74, 6) is 0.105. The molecule has 0 aromatic carbocycles. The van der Waals surface area contributed by atoms with Crippen molar-refractivity contribution in [3.05, 3.63) is 47.9 Å². The number of H-pyrrole nitrogens is 1. The highest BCUT2D eigenvalue weighted by atomic mass is 35.5. The smallest absolute Gasteiger partial charge is 0.372 e. The van der Waals surface area contributed by atoms with Crippen molar-refractivity contribution >= 4 is 34.4 Å². The molecule has 0 aliphatic carbocycles. The maximum absolute atomic E-state index is 12.8. The minimum atomic E-state index is -4.51. The Labute approximate surface area is 204 Å². The number of fused-ring (bicyclic) bond motifs is 1. The fourth-order valence-corrected chi connectivity index (χ4v) is 4.26. The molecule has 8 nitrogen and oxygen atoms in total. The number of alkyl halides is 3. The van der Waals surface area contributed by atoms with Gasteiger partial charge in [0.1, 0.15) is 24.1 Å². The van der Waals surface area contributed by atoms with Crippen LogP contribution in [-0.4, -0.2) is 63.9 Å². The number of amides is 1. The highest BCUT2D eigenvalue weighted by molar-refractivity contribution is 6.31. The molecule has 2 N–H and O–H groups in total. The van der Waals surface area contributed by atoms with E-state index in [0.29, 0.717) is 34.3 Å². The number of anilines is 1. The molecule has 1 aliphatic rings.